The second-order valence-corrected chi connectivity index (χ2v) is 8.18. The van der Waals surface area contributed by atoms with E-state index in [1.807, 2.05) is 20.8 Å². The zero-order valence-corrected chi connectivity index (χ0v) is 15.5. The highest BCUT2D eigenvalue weighted by Crippen LogP contribution is 2.39. The Morgan fingerprint density at radius 3 is 2.61 bits per heavy atom. The Morgan fingerprint density at radius 2 is 2.00 bits per heavy atom. The molecule has 1 amide bonds. The van der Waals surface area contributed by atoms with E-state index in [1.54, 1.807) is 0 Å². The Hall–Kier alpha value is -0.810. The lowest BCUT2D eigenvalue weighted by atomic mass is 9.67. The summed E-state index contributed by atoms with van der Waals surface area (Å²) < 4.78 is 11.4. The lowest BCUT2D eigenvalue weighted by molar-refractivity contribution is -0.131. The van der Waals surface area contributed by atoms with Crippen LogP contribution in [-0.4, -0.2) is 42.5 Å². The first-order valence-corrected chi connectivity index (χ1v) is 9.10. The van der Waals surface area contributed by atoms with Crippen LogP contribution in [0.1, 0.15) is 60.8 Å². The second-order valence-electron chi connectivity index (χ2n) is 8.18. The highest BCUT2D eigenvalue weighted by atomic mass is 16.6. The van der Waals surface area contributed by atoms with Crippen LogP contribution in [0.4, 0.5) is 4.79 Å². The molecule has 1 aliphatic carbocycles. The summed E-state index contributed by atoms with van der Waals surface area (Å²) in [6.45, 7) is 13.2. The number of hydrogen-bond donors (Lipinski definition) is 2. The van der Waals surface area contributed by atoms with Crippen LogP contribution >= 0.6 is 0 Å². The number of carbonyl (C=O) groups is 1. The fourth-order valence-corrected chi connectivity index (χ4v) is 3.57. The Balaban J connectivity index is 1.98. The maximum atomic E-state index is 12.2. The molecule has 1 saturated heterocycles. The SMILES string of the molecule is CCC(C)C(C)NC1C(NC(=O)OC(C)(C)C)C2CCCOC21. The first-order chi connectivity index (χ1) is 10.7. The number of hydrogen-bond acceptors (Lipinski definition) is 4. The van der Waals surface area contributed by atoms with E-state index in [0.29, 0.717) is 17.9 Å². The summed E-state index contributed by atoms with van der Waals surface area (Å²) in [6.07, 6.45) is 3.22. The van der Waals surface area contributed by atoms with Gasteiger partial charge in [0.1, 0.15) is 5.60 Å². The van der Waals surface area contributed by atoms with E-state index in [-0.39, 0.29) is 24.3 Å². The number of amides is 1. The second kappa shape index (κ2) is 7.39. The van der Waals surface area contributed by atoms with Crippen molar-refractivity contribution < 1.29 is 14.3 Å². The summed E-state index contributed by atoms with van der Waals surface area (Å²) in [6, 6.07) is 0.679. The largest absolute Gasteiger partial charge is 0.444 e. The lowest BCUT2D eigenvalue weighted by Gasteiger charge is -2.55. The summed E-state index contributed by atoms with van der Waals surface area (Å²) in [4.78, 5) is 12.2. The molecule has 1 heterocycles. The highest BCUT2D eigenvalue weighted by Gasteiger charge is 2.53. The summed E-state index contributed by atoms with van der Waals surface area (Å²) in [5, 5.41) is 6.77. The predicted molar refractivity (Wildman–Crippen MR) is 91.5 cm³/mol. The number of rotatable bonds is 5. The van der Waals surface area contributed by atoms with E-state index in [0.717, 1.165) is 25.9 Å². The number of alkyl carbamates (subject to hydrolysis) is 1. The standard InChI is InChI=1S/C18H34N2O3/c1-7-11(2)12(3)19-15-14(13-9-8-10-22-16(13)15)20-17(21)23-18(4,5)6/h11-16,19H,7-10H2,1-6H3,(H,20,21). The van der Waals surface area contributed by atoms with Gasteiger partial charge in [-0.1, -0.05) is 20.3 Å². The third-order valence-corrected chi connectivity index (χ3v) is 5.25. The topological polar surface area (TPSA) is 59.6 Å². The van der Waals surface area contributed by atoms with Crippen molar-refractivity contribution in [3.05, 3.63) is 0 Å². The smallest absolute Gasteiger partial charge is 0.407 e. The average molecular weight is 326 g/mol. The Morgan fingerprint density at radius 1 is 1.30 bits per heavy atom. The molecule has 0 radical (unpaired) electrons. The van der Waals surface area contributed by atoms with Crippen LogP contribution in [0.15, 0.2) is 0 Å². The molecule has 0 aromatic rings. The summed E-state index contributed by atoms with van der Waals surface area (Å²) in [7, 11) is 0. The van der Waals surface area contributed by atoms with Crippen molar-refractivity contribution in [2.45, 2.75) is 90.6 Å². The van der Waals surface area contributed by atoms with Gasteiger partial charge < -0.3 is 20.1 Å². The van der Waals surface area contributed by atoms with Gasteiger partial charge in [0.2, 0.25) is 0 Å². The van der Waals surface area contributed by atoms with Crippen LogP contribution in [0, 0.1) is 11.8 Å². The summed E-state index contributed by atoms with van der Waals surface area (Å²) >= 11 is 0. The molecule has 1 saturated carbocycles. The van der Waals surface area contributed by atoms with Crippen molar-refractivity contribution in [1.29, 1.82) is 0 Å². The van der Waals surface area contributed by atoms with Crippen LogP contribution < -0.4 is 10.6 Å². The fourth-order valence-electron chi connectivity index (χ4n) is 3.57. The fraction of sp³-hybridized carbons (Fsp3) is 0.944. The van der Waals surface area contributed by atoms with E-state index in [1.165, 1.54) is 0 Å². The maximum absolute atomic E-state index is 12.2. The molecule has 2 fully saturated rings. The van der Waals surface area contributed by atoms with Gasteiger partial charge in [0.15, 0.2) is 0 Å². The van der Waals surface area contributed by atoms with Crippen molar-refractivity contribution in [3.8, 4) is 0 Å². The number of carbonyl (C=O) groups excluding carboxylic acids is 1. The van der Waals surface area contributed by atoms with Gasteiger partial charge in [0, 0.05) is 18.6 Å². The number of fused-ring (bicyclic) bond motifs is 1. The number of ether oxygens (including phenoxy) is 2. The summed E-state index contributed by atoms with van der Waals surface area (Å²) in [5.74, 6) is 0.998. The molecule has 0 aromatic carbocycles. The Labute approximate surface area is 140 Å². The minimum atomic E-state index is -0.469. The molecule has 5 nitrogen and oxygen atoms in total. The quantitative estimate of drug-likeness (QED) is 0.815. The van der Waals surface area contributed by atoms with E-state index in [9.17, 15) is 4.79 Å². The third-order valence-electron chi connectivity index (χ3n) is 5.25. The van der Waals surface area contributed by atoms with Gasteiger partial charge in [-0.25, -0.2) is 4.79 Å². The molecule has 0 bridgehead atoms. The van der Waals surface area contributed by atoms with Crippen LogP contribution in [0.5, 0.6) is 0 Å². The van der Waals surface area contributed by atoms with Crippen molar-refractivity contribution >= 4 is 6.09 Å². The third kappa shape index (κ3) is 4.60. The molecule has 134 valence electrons. The molecule has 23 heavy (non-hydrogen) atoms. The summed E-state index contributed by atoms with van der Waals surface area (Å²) in [5.41, 5.74) is -0.469. The zero-order valence-electron chi connectivity index (χ0n) is 15.5. The number of nitrogens with one attached hydrogen (secondary N) is 2. The van der Waals surface area contributed by atoms with Crippen LogP contribution in [0.3, 0.4) is 0 Å². The normalized spacial score (nSPS) is 33.1. The zero-order chi connectivity index (χ0) is 17.2. The van der Waals surface area contributed by atoms with Crippen molar-refractivity contribution in [3.63, 3.8) is 0 Å². The predicted octanol–water partition coefficient (Wildman–Crippen LogP) is 3.08. The van der Waals surface area contributed by atoms with Crippen LogP contribution in [0.2, 0.25) is 0 Å². The minimum Gasteiger partial charge on any atom is -0.444 e. The molecule has 2 aliphatic rings. The molecule has 1 aliphatic heterocycles. The molecule has 0 spiro atoms. The van der Waals surface area contributed by atoms with Gasteiger partial charge >= 0.3 is 6.09 Å². The van der Waals surface area contributed by atoms with Gasteiger partial charge in [-0.05, 0) is 46.5 Å². The van der Waals surface area contributed by atoms with E-state index in [2.05, 4.69) is 31.4 Å². The minimum absolute atomic E-state index is 0.0988. The molecule has 2 rings (SSSR count). The van der Waals surface area contributed by atoms with Crippen molar-refractivity contribution in [1.82, 2.24) is 10.6 Å². The van der Waals surface area contributed by atoms with Gasteiger partial charge in [0.05, 0.1) is 18.2 Å². The van der Waals surface area contributed by atoms with Gasteiger partial charge in [-0.3, -0.25) is 0 Å². The maximum Gasteiger partial charge on any atom is 0.407 e. The van der Waals surface area contributed by atoms with Crippen LogP contribution in [-0.2, 0) is 9.47 Å². The monoisotopic (exact) mass is 326 g/mol. The van der Waals surface area contributed by atoms with E-state index < -0.39 is 5.60 Å². The van der Waals surface area contributed by atoms with E-state index in [4.69, 9.17) is 9.47 Å². The van der Waals surface area contributed by atoms with Crippen LogP contribution in [0.25, 0.3) is 0 Å². The molecule has 6 atom stereocenters. The first kappa shape index (κ1) is 18.5. The first-order valence-electron chi connectivity index (χ1n) is 9.10. The average Bonchev–Trinajstić information content (AvgIpc) is 2.47. The molecular formula is C18H34N2O3. The molecule has 5 heteroatoms. The van der Waals surface area contributed by atoms with Gasteiger partial charge in [-0.15, -0.1) is 0 Å². The van der Waals surface area contributed by atoms with Gasteiger partial charge in [-0.2, -0.15) is 0 Å². The van der Waals surface area contributed by atoms with Crippen molar-refractivity contribution in [2.75, 3.05) is 6.61 Å². The Kier molecular flexibility index (Phi) is 5.95. The molecule has 0 aromatic heterocycles. The van der Waals surface area contributed by atoms with Gasteiger partial charge in [0.25, 0.3) is 0 Å². The molecule has 6 unspecified atom stereocenters. The van der Waals surface area contributed by atoms with E-state index >= 15 is 0 Å². The molecular weight excluding hydrogens is 292 g/mol. The van der Waals surface area contributed by atoms with Crippen molar-refractivity contribution in [2.24, 2.45) is 11.8 Å². The molecule has 2 N–H and O–H groups in total. The highest BCUT2D eigenvalue weighted by molar-refractivity contribution is 5.68. The lowest BCUT2D eigenvalue weighted by Crippen LogP contribution is -2.74. The Bertz CT molecular complexity index is 408.